The molecule has 20 heavy (non-hydrogen) atoms. The zero-order valence-corrected chi connectivity index (χ0v) is 15.0. The lowest BCUT2D eigenvalue weighted by molar-refractivity contribution is 0.301. The molecular weight excluding hydrogens is 409 g/mol. The van der Waals surface area contributed by atoms with E-state index in [0.29, 0.717) is 18.3 Å². The van der Waals surface area contributed by atoms with E-state index in [4.69, 9.17) is 22.1 Å². The van der Waals surface area contributed by atoms with Crippen LogP contribution < -0.4 is 10.5 Å². The molecule has 7 heteroatoms. The average Bonchev–Trinajstić information content (AvgIpc) is 2.63. The summed E-state index contributed by atoms with van der Waals surface area (Å²) >= 11 is 13.2. The number of nitrogens with two attached hydrogens (primary N) is 1. The van der Waals surface area contributed by atoms with Crippen molar-refractivity contribution in [2.24, 2.45) is 12.8 Å². The minimum Gasteiger partial charge on any atom is -0.486 e. The molecule has 2 rings (SSSR count). The van der Waals surface area contributed by atoms with Crippen LogP contribution in [-0.4, -0.2) is 9.78 Å². The maximum Gasteiger partial charge on any atom is 0.148 e. The van der Waals surface area contributed by atoms with Crippen LogP contribution in [0.1, 0.15) is 16.8 Å². The van der Waals surface area contributed by atoms with Crippen molar-refractivity contribution in [3.05, 3.63) is 43.1 Å². The number of hydrogen-bond donors (Lipinski definition) is 1. The maximum absolute atomic E-state index is 6.19. The van der Waals surface area contributed by atoms with Gasteiger partial charge in [-0.3, -0.25) is 4.68 Å². The lowest BCUT2D eigenvalue weighted by Crippen LogP contribution is -2.01. The Morgan fingerprint density at radius 2 is 1.95 bits per heavy atom. The van der Waals surface area contributed by atoms with Crippen molar-refractivity contribution in [1.82, 2.24) is 9.78 Å². The van der Waals surface area contributed by atoms with Crippen molar-refractivity contribution >= 4 is 43.5 Å². The smallest absolute Gasteiger partial charge is 0.148 e. The molecule has 1 aromatic carbocycles. The van der Waals surface area contributed by atoms with Crippen molar-refractivity contribution in [3.8, 4) is 5.75 Å². The van der Waals surface area contributed by atoms with Gasteiger partial charge in [0.2, 0.25) is 0 Å². The number of ether oxygens (including phenoxy) is 1. The molecule has 0 amide bonds. The standard InChI is InChI=1S/C13H14Br2ClN3O/c1-7-9(13(16)19(2)18-7)6-20-12-10(14)3-8(5-17)4-11(12)15/h3-4H,5-6,17H2,1-2H3. The van der Waals surface area contributed by atoms with Crippen molar-refractivity contribution < 1.29 is 4.74 Å². The highest BCUT2D eigenvalue weighted by Gasteiger charge is 2.14. The van der Waals surface area contributed by atoms with Crippen LogP contribution in [0.5, 0.6) is 5.75 Å². The Bertz CT molecular complexity index is 620. The van der Waals surface area contributed by atoms with Crippen LogP contribution in [0, 0.1) is 6.92 Å². The SMILES string of the molecule is Cc1nn(C)c(Cl)c1COc1c(Br)cc(CN)cc1Br. The highest BCUT2D eigenvalue weighted by atomic mass is 79.9. The van der Waals surface area contributed by atoms with Crippen LogP contribution in [0.3, 0.4) is 0 Å². The van der Waals surface area contributed by atoms with Crippen LogP contribution in [0.2, 0.25) is 5.15 Å². The summed E-state index contributed by atoms with van der Waals surface area (Å²) in [6.07, 6.45) is 0. The molecule has 0 bridgehead atoms. The van der Waals surface area contributed by atoms with Gasteiger partial charge in [0.05, 0.1) is 14.6 Å². The topological polar surface area (TPSA) is 53.1 Å². The molecule has 0 fully saturated rings. The Kier molecular flexibility index (Phi) is 5.12. The van der Waals surface area contributed by atoms with Gasteiger partial charge in [-0.25, -0.2) is 0 Å². The van der Waals surface area contributed by atoms with E-state index in [2.05, 4.69) is 37.0 Å². The zero-order chi connectivity index (χ0) is 14.9. The van der Waals surface area contributed by atoms with Crippen molar-refractivity contribution in [2.75, 3.05) is 0 Å². The monoisotopic (exact) mass is 421 g/mol. The molecule has 0 unspecified atom stereocenters. The quantitative estimate of drug-likeness (QED) is 0.810. The molecule has 0 aliphatic rings. The predicted molar refractivity (Wildman–Crippen MR) is 87.0 cm³/mol. The van der Waals surface area contributed by atoms with E-state index in [0.717, 1.165) is 31.5 Å². The third kappa shape index (κ3) is 3.19. The number of aromatic nitrogens is 2. The van der Waals surface area contributed by atoms with Gasteiger partial charge in [-0.2, -0.15) is 5.10 Å². The third-order valence-electron chi connectivity index (χ3n) is 2.92. The first-order valence-electron chi connectivity index (χ1n) is 5.92. The molecule has 108 valence electrons. The van der Waals surface area contributed by atoms with E-state index in [1.807, 2.05) is 19.1 Å². The Labute approximate surface area is 139 Å². The summed E-state index contributed by atoms with van der Waals surface area (Å²) in [7, 11) is 1.81. The van der Waals surface area contributed by atoms with Crippen molar-refractivity contribution in [1.29, 1.82) is 0 Å². The van der Waals surface area contributed by atoms with E-state index in [-0.39, 0.29) is 0 Å². The van der Waals surface area contributed by atoms with E-state index >= 15 is 0 Å². The molecule has 0 atom stereocenters. The van der Waals surface area contributed by atoms with E-state index in [9.17, 15) is 0 Å². The lowest BCUT2D eigenvalue weighted by atomic mass is 10.2. The van der Waals surface area contributed by atoms with E-state index in [1.165, 1.54) is 0 Å². The maximum atomic E-state index is 6.19. The molecule has 0 saturated carbocycles. The second kappa shape index (κ2) is 6.47. The molecular formula is C13H14Br2ClN3O. The predicted octanol–water partition coefficient (Wildman–Crippen LogP) is 3.94. The second-order valence-corrected chi connectivity index (χ2v) is 6.43. The van der Waals surface area contributed by atoms with E-state index < -0.39 is 0 Å². The number of aryl methyl sites for hydroxylation is 2. The molecule has 0 radical (unpaired) electrons. The fourth-order valence-electron chi connectivity index (χ4n) is 1.85. The Morgan fingerprint density at radius 1 is 1.35 bits per heavy atom. The number of benzene rings is 1. The first-order chi connectivity index (χ1) is 9.43. The van der Waals surface area contributed by atoms with Crippen LogP contribution in [0.4, 0.5) is 0 Å². The Hall–Kier alpha value is -0.560. The highest BCUT2D eigenvalue weighted by molar-refractivity contribution is 9.11. The summed E-state index contributed by atoms with van der Waals surface area (Å²) in [6.45, 7) is 2.74. The average molecular weight is 424 g/mol. The molecule has 0 saturated heterocycles. The van der Waals surface area contributed by atoms with Gasteiger partial charge in [0, 0.05) is 19.2 Å². The summed E-state index contributed by atoms with van der Waals surface area (Å²) in [6, 6.07) is 3.88. The number of nitrogens with zero attached hydrogens (tertiary/aromatic N) is 2. The summed E-state index contributed by atoms with van der Waals surface area (Å²) in [5.74, 6) is 0.724. The third-order valence-corrected chi connectivity index (χ3v) is 4.58. The Balaban J connectivity index is 2.23. The largest absolute Gasteiger partial charge is 0.486 e. The van der Waals surface area contributed by atoms with Crippen LogP contribution >= 0.6 is 43.5 Å². The summed E-state index contributed by atoms with van der Waals surface area (Å²) in [5.41, 5.74) is 8.40. The number of halogens is 3. The van der Waals surface area contributed by atoms with Gasteiger partial charge in [0.1, 0.15) is 17.5 Å². The van der Waals surface area contributed by atoms with Gasteiger partial charge in [-0.1, -0.05) is 11.6 Å². The highest BCUT2D eigenvalue weighted by Crippen LogP contribution is 2.35. The minimum atomic E-state index is 0.359. The first-order valence-corrected chi connectivity index (χ1v) is 7.89. The van der Waals surface area contributed by atoms with Crippen LogP contribution in [-0.2, 0) is 20.2 Å². The summed E-state index contributed by atoms with van der Waals surface area (Å²) < 4.78 is 9.20. The fraction of sp³-hybridized carbons (Fsp3) is 0.308. The fourth-order valence-corrected chi connectivity index (χ4v) is 3.59. The molecule has 2 aromatic rings. The minimum absolute atomic E-state index is 0.359. The van der Waals surface area contributed by atoms with Gasteiger partial charge in [0.15, 0.2) is 0 Å². The summed E-state index contributed by atoms with van der Waals surface area (Å²) in [4.78, 5) is 0. The van der Waals surface area contributed by atoms with Crippen LogP contribution in [0.15, 0.2) is 21.1 Å². The van der Waals surface area contributed by atoms with Crippen molar-refractivity contribution in [3.63, 3.8) is 0 Å². The number of rotatable bonds is 4. The zero-order valence-electron chi connectivity index (χ0n) is 11.1. The molecule has 0 spiro atoms. The van der Waals surface area contributed by atoms with Gasteiger partial charge >= 0.3 is 0 Å². The Morgan fingerprint density at radius 3 is 2.40 bits per heavy atom. The lowest BCUT2D eigenvalue weighted by Gasteiger charge is -2.12. The molecule has 1 aromatic heterocycles. The van der Waals surface area contributed by atoms with Gasteiger partial charge in [-0.05, 0) is 56.5 Å². The molecule has 2 N–H and O–H groups in total. The second-order valence-electron chi connectivity index (χ2n) is 4.36. The molecule has 1 heterocycles. The van der Waals surface area contributed by atoms with Gasteiger partial charge < -0.3 is 10.5 Å². The molecule has 4 nitrogen and oxygen atoms in total. The summed E-state index contributed by atoms with van der Waals surface area (Å²) in [5, 5.41) is 4.85. The van der Waals surface area contributed by atoms with Gasteiger partial charge in [-0.15, -0.1) is 0 Å². The van der Waals surface area contributed by atoms with Gasteiger partial charge in [0.25, 0.3) is 0 Å². The molecule has 0 aliphatic carbocycles. The number of hydrogen-bond acceptors (Lipinski definition) is 3. The van der Waals surface area contributed by atoms with Crippen LogP contribution in [0.25, 0.3) is 0 Å². The molecule has 0 aliphatic heterocycles. The normalized spacial score (nSPS) is 10.9. The first kappa shape index (κ1) is 15.8. The van der Waals surface area contributed by atoms with Crippen molar-refractivity contribution in [2.45, 2.75) is 20.1 Å². The van der Waals surface area contributed by atoms with E-state index in [1.54, 1.807) is 11.7 Å².